The highest BCUT2D eigenvalue weighted by Gasteiger charge is 2.27. The molecule has 1 aliphatic heterocycles. The summed E-state index contributed by atoms with van der Waals surface area (Å²) in [4.78, 5) is 15.5. The summed E-state index contributed by atoms with van der Waals surface area (Å²) in [6.45, 7) is 7.41. The van der Waals surface area contributed by atoms with Gasteiger partial charge in [-0.25, -0.2) is 4.79 Å². The normalized spacial score (nSPS) is 19.6. The van der Waals surface area contributed by atoms with E-state index in [9.17, 15) is 4.79 Å². The molecule has 1 aliphatic rings. The van der Waals surface area contributed by atoms with Gasteiger partial charge in [0.1, 0.15) is 11.9 Å². The maximum absolute atomic E-state index is 12.6. The number of nitrogens with zero attached hydrogens (tertiary/aromatic N) is 2. The zero-order chi connectivity index (χ0) is 16.4. The van der Waals surface area contributed by atoms with E-state index < -0.39 is 0 Å². The molecule has 1 saturated heterocycles. The van der Waals surface area contributed by atoms with Crippen molar-refractivity contribution in [1.82, 2.24) is 15.4 Å². The summed E-state index contributed by atoms with van der Waals surface area (Å²) in [7, 11) is 0. The average molecular weight is 335 g/mol. The number of urea groups is 1. The van der Waals surface area contributed by atoms with Crippen LogP contribution in [-0.4, -0.2) is 35.8 Å². The van der Waals surface area contributed by atoms with Crippen molar-refractivity contribution in [1.29, 1.82) is 0 Å². The molecular weight excluding hydrogens is 314 g/mol. The van der Waals surface area contributed by atoms with Crippen molar-refractivity contribution >= 4 is 17.4 Å². The first-order valence-corrected chi connectivity index (χ1v) is 8.57. The third-order valence-corrected chi connectivity index (χ3v) is 5.04. The lowest BCUT2D eigenvalue weighted by atomic mass is 10.1. The Morgan fingerprint density at radius 3 is 3.00 bits per heavy atom. The van der Waals surface area contributed by atoms with Crippen LogP contribution in [0.4, 0.5) is 4.79 Å². The third-order valence-electron chi connectivity index (χ3n) is 4.08. The number of ether oxygens (including phenoxy) is 1. The molecule has 2 amide bonds. The van der Waals surface area contributed by atoms with Crippen LogP contribution in [0.25, 0.3) is 0 Å². The summed E-state index contributed by atoms with van der Waals surface area (Å²) < 4.78 is 11.0. The highest BCUT2D eigenvalue weighted by atomic mass is 32.1. The van der Waals surface area contributed by atoms with Crippen LogP contribution in [0, 0.1) is 13.8 Å². The Hall–Kier alpha value is -1.86. The molecule has 0 bridgehead atoms. The molecule has 2 aromatic heterocycles. The number of thiophene rings is 1. The second-order valence-electron chi connectivity index (χ2n) is 5.73. The van der Waals surface area contributed by atoms with Gasteiger partial charge in [-0.15, -0.1) is 11.3 Å². The van der Waals surface area contributed by atoms with Crippen molar-refractivity contribution in [3.63, 3.8) is 0 Å². The molecule has 3 rings (SSSR count). The zero-order valence-corrected chi connectivity index (χ0v) is 14.4. The maximum atomic E-state index is 12.6. The molecule has 2 atom stereocenters. The summed E-state index contributed by atoms with van der Waals surface area (Å²) in [6, 6.07) is 3.82. The SMILES string of the molecule is Cc1noc(C)c1[C@@H](C)NC(=O)N1CCO[C@H](c2cccs2)C1. The van der Waals surface area contributed by atoms with E-state index in [1.807, 2.05) is 43.2 Å². The lowest BCUT2D eigenvalue weighted by Crippen LogP contribution is -2.47. The second kappa shape index (κ2) is 6.72. The number of carbonyl (C=O) groups excluding carboxylic acids is 1. The van der Waals surface area contributed by atoms with Gasteiger partial charge in [0.15, 0.2) is 0 Å². The first-order chi connectivity index (χ1) is 11.1. The van der Waals surface area contributed by atoms with E-state index in [2.05, 4.69) is 10.5 Å². The van der Waals surface area contributed by atoms with Gasteiger partial charge in [-0.1, -0.05) is 11.2 Å². The molecule has 0 aliphatic carbocycles. The Labute approximate surface area is 139 Å². The third kappa shape index (κ3) is 3.40. The summed E-state index contributed by atoms with van der Waals surface area (Å²) >= 11 is 1.66. The molecule has 0 saturated carbocycles. The summed E-state index contributed by atoms with van der Waals surface area (Å²) in [5.41, 5.74) is 1.76. The van der Waals surface area contributed by atoms with Gasteiger partial charge < -0.3 is 19.5 Å². The van der Waals surface area contributed by atoms with Crippen molar-refractivity contribution in [2.24, 2.45) is 0 Å². The molecule has 23 heavy (non-hydrogen) atoms. The predicted octanol–water partition coefficient (Wildman–Crippen LogP) is 3.20. The molecule has 1 fully saturated rings. The number of morpholine rings is 1. The fourth-order valence-corrected chi connectivity index (χ4v) is 3.70. The minimum atomic E-state index is -0.142. The van der Waals surface area contributed by atoms with Gasteiger partial charge in [0.05, 0.1) is 24.9 Å². The minimum absolute atomic E-state index is 0.0381. The van der Waals surface area contributed by atoms with Crippen LogP contribution in [0.3, 0.4) is 0 Å². The highest BCUT2D eigenvalue weighted by molar-refractivity contribution is 7.10. The Balaban J connectivity index is 1.64. The summed E-state index contributed by atoms with van der Waals surface area (Å²) in [5, 5.41) is 9.00. The topological polar surface area (TPSA) is 67.6 Å². The van der Waals surface area contributed by atoms with Crippen LogP contribution in [0.1, 0.15) is 41.0 Å². The predicted molar refractivity (Wildman–Crippen MR) is 87.5 cm³/mol. The van der Waals surface area contributed by atoms with Gasteiger partial charge >= 0.3 is 6.03 Å². The number of hydrogen-bond acceptors (Lipinski definition) is 5. The van der Waals surface area contributed by atoms with Crippen molar-refractivity contribution < 1.29 is 14.1 Å². The Morgan fingerprint density at radius 1 is 1.52 bits per heavy atom. The van der Waals surface area contributed by atoms with Crippen molar-refractivity contribution in [3.05, 3.63) is 39.4 Å². The Kier molecular flexibility index (Phi) is 4.68. The summed E-state index contributed by atoms with van der Waals surface area (Å²) in [6.07, 6.45) is -0.0381. The van der Waals surface area contributed by atoms with E-state index in [-0.39, 0.29) is 18.2 Å². The molecule has 7 heteroatoms. The van der Waals surface area contributed by atoms with Crippen molar-refractivity contribution in [3.8, 4) is 0 Å². The van der Waals surface area contributed by atoms with Crippen LogP contribution in [0.2, 0.25) is 0 Å². The average Bonchev–Trinajstić information content (AvgIpc) is 3.17. The van der Waals surface area contributed by atoms with E-state index in [1.54, 1.807) is 11.3 Å². The first kappa shape index (κ1) is 16.0. The maximum Gasteiger partial charge on any atom is 0.318 e. The largest absolute Gasteiger partial charge is 0.369 e. The van der Waals surface area contributed by atoms with E-state index >= 15 is 0 Å². The van der Waals surface area contributed by atoms with Crippen LogP contribution in [-0.2, 0) is 4.74 Å². The van der Waals surface area contributed by atoms with Crippen molar-refractivity contribution in [2.45, 2.75) is 32.9 Å². The van der Waals surface area contributed by atoms with Gasteiger partial charge in [0.25, 0.3) is 0 Å². The van der Waals surface area contributed by atoms with Gasteiger partial charge in [0.2, 0.25) is 0 Å². The Bertz CT molecular complexity index is 649. The van der Waals surface area contributed by atoms with Gasteiger partial charge in [-0.3, -0.25) is 0 Å². The van der Waals surface area contributed by atoms with Crippen LogP contribution in [0.5, 0.6) is 0 Å². The smallest absolute Gasteiger partial charge is 0.318 e. The lowest BCUT2D eigenvalue weighted by Gasteiger charge is -2.33. The van der Waals surface area contributed by atoms with Crippen LogP contribution < -0.4 is 5.32 Å². The second-order valence-corrected chi connectivity index (χ2v) is 6.71. The molecule has 3 heterocycles. The first-order valence-electron chi connectivity index (χ1n) is 7.69. The van der Waals surface area contributed by atoms with Crippen molar-refractivity contribution in [2.75, 3.05) is 19.7 Å². The minimum Gasteiger partial charge on any atom is -0.369 e. The number of amides is 2. The molecule has 124 valence electrons. The highest BCUT2D eigenvalue weighted by Crippen LogP contribution is 2.26. The van der Waals surface area contributed by atoms with Crippen LogP contribution >= 0.6 is 11.3 Å². The molecule has 0 radical (unpaired) electrons. The van der Waals surface area contributed by atoms with Gasteiger partial charge in [0, 0.05) is 17.0 Å². The molecule has 0 spiro atoms. The molecular formula is C16H21N3O3S. The number of carbonyl (C=O) groups is 1. The fourth-order valence-electron chi connectivity index (χ4n) is 2.94. The fraction of sp³-hybridized carbons (Fsp3) is 0.500. The lowest BCUT2D eigenvalue weighted by molar-refractivity contribution is -0.0138. The standard InChI is InChI=1S/C16H21N3O3S/c1-10(15-11(2)18-22-12(15)3)17-16(20)19-6-7-21-13(9-19)14-5-4-8-23-14/h4-5,8,10,13H,6-7,9H2,1-3H3,(H,17,20)/t10-,13+/m1/s1. The zero-order valence-electron chi connectivity index (χ0n) is 13.5. The van der Waals surface area contributed by atoms with Gasteiger partial charge in [-0.2, -0.15) is 0 Å². The number of hydrogen-bond donors (Lipinski definition) is 1. The monoisotopic (exact) mass is 335 g/mol. The van der Waals surface area contributed by atoms with E-state index in [0.717, 1.165) is 21.9 Å². The van der Waals surface area contributed by atoms with E-state index in [4.69, 9.17) is 9.26 Å². The van der Waals surface area contributed by atoms with Crippen LogP contribution in [0.15, 0.2) is 22.0 Å². The number of rotatable bonds is 3. The molecule has 0 unspecified atom stereocenters. The van der Waals surface area contributed by atoms with E-state index in [1.165, 1.54) is 0 Å². The number of aryl methyl sites for hydroxylation is 2. The van der Waals surface area contributed by atoms with E-state index in [0.29, 0.717) is 19.7 Å². The quantitative estimate of drug-likeness (QED) is 0.935. The molecule has 1 N–H and O–H groups in total. The van der Waals surface area contributed by atoms with Gasteiger partial charge in [-0.05, 0) is 32.2 Å². The molecule has 2 aromatic rings. The Morgan fingerprint density at radius 2 is 2.35 bits per heavy atom. The summed E-state index contributed by atoms with van der Waals surface area (Å²) in [5.74, 6) is 0.744. The molecule has 0 aromatic carbocycles. The number of aromatic nitrogens is 1. The number of nitrogens with one attached hydrogen (secondary N) is 1. The molecule has 6 nitrogen and oxygen atoms in total.